The van der Waals surface area contributed by atoms with E-state index < -0.39 is 8.32 Å². The summed E-state index contributed by atoms with van der Waals surface area (Å²) in [7, 11) is -1.76. The highest BCUT2D eigenvalue weighted by Crippen LogP contribution is 2.13. The predicted molar refractivity (Wildman–Crippen MR) is 59.8 cm³/mol. The normalized spacial score (nSPS) is 11.4. The summed E-state index contributed by atoms with van der Waals surface area (Å²) in [5.41, 5.74) is 0. The first-order valence-corrected chi connectivity index (χ1v) is 8.37. The molecule has 14 heavy (non-hydrogen) atoms. The number of carbonyl (C=O) groups excluding carboxylic acids is 1. The van der Waals surface area contributed by atoms with E-state index in [4.69, 9.17) is 9.16 Å². The molecule has 0 saturated carbocycles. The van der Waals surface area contributed by atoms with Gasteiger partial charge in [-0.05, 0) is 32.0 Å². The van der Waals surface area contributed by atoms with E-state index >= 15 is 0 Å². The molecule has 0 aromatic heterocycles. The molecule has 0 aromatic rings. The summed E-state index contributed by atoms with van der Waals surface area (Å²) < 4.78 is 10.7. The maximum absolute atomic E-state index is 10.8. The van der Waals surface area contributed by atoms with Crippen molar-refractivity contribution in [3.63, 3.8) is 0 Å². The molecule has 0 unspecified atom stereocenters. The van der Waals surface area contributed by atoms with Crippen molar-refractivity contribution in [2.75, 3.05) is 13.2 Å². The third-order valence-corrected chi connectivity index (χ3v) is 4.23. The zero-order chi connectivity index (χ0) is 11.0. The number of carbonyl (C=O) groups is 1. The van der Waals surface area contributed by atoms with Crippen molar-refractivity contribution in [1.82, 2.24) is 0 Å². The molecule has 0 bridgehead atoms. The lowest BCUT2D eigenvalue weighted by Crippen LogP contribution is -2.32. The molecule has 0 radical (unpaired) electrons. The lowest BCUT2D eigenvalue weighted by molar-refractivity contribution is -0.132. The smallest absolute Gasteiger partial charge is 0.289 e. The highest BCUT2D eigenvalue weighted by Gasteiger charge is 2.24. The SMILES string of the molecule is CCCOCCC[Si](C)(C)OC(C)=O. The van der Waals surface area contributed by atoms with Crippen LogP contribution >= 0.6 is 0 Å². The van der Waals surface area contributed by atoms with Crippen LogP contribution in [0.25, 0.3) is 0 Å². The van der Waals surface area contributed by atoms with Crippen LogP contribution in [0.4, 0.5) is 0 Å². The Hall–Kier alpha value is -0.353. The fourth-order valence-electron chi connectivity index (χ4n) is 1.29. The quantitative estimate of drug-likeness (QED) is 0.486. The van der Waals surface area contributed by atoms with Gasteiger partial charge in [-0.15, -0.1) is 0 Å². The van der Waals surface area contributed by atoms with E-state index in [1.165, 1.54) is 6.92 Å². The van der Waals surface area contributed by atoms with Gasteiger partial charge in [0.05, 0.1) is 0 Å². The highest BCUT2D eigenvalue weighted by molar-refractivity contribution is 6.72. The first kappa shape index (κ1) is 13.6. The van der Waals surface area contributed by atoms with Crippen molar-refractivity contribution < 1.29 is 14.0 Å². The first-order chi connectivity index (χ1) is 6.48. The molecule has 0 aliphatic heterocycles. The van der Waals surface area contributed by atoms with E-state index in [-0.39, 0.29) is 5.97 Å². The molecule has 0 amide bonds. The van der Waals surface area contributed by atoms with Crippen LogP contribution in [0.1, 0.15) is 26.7 Å². The third-order valence-electron chi connectivity index (χ3n) is 1.84. The summed E-state index contributed by atoms with van der Waals surface area (Å²) >= 11 is 0. The van der Waals surface area contributed by atoms with Gasteiger partial charge < -0.3 is 9.16 Å². The zero-order valence-electron chi connectivity index (χ0n) is 9.76. The number of hydrogen-bond donors (Lipinski definition) is 0. The summed E-state index contributed by atoms with van der Waals surface area (Å²) in [5.74, 6) is -0.156. The Morgan fingerprint density at radius 2 is 1.93 bits per heavy atom. The fraction of sp³-hybridized carbons (Fsp3) is 0.900. The topological polar surface area (TPSA) is 35.5 Å². The van der Waals surface area contributed by atoms with Gasteiger partial charge in [0.2, 0.25) is 8.32 Å². The molecule has 0 aliphatic rings. The van der Waals surface area contributed by atoms with Gasteiger partial charge in [0, 0.05) is 20.1 Å². The molecular formula is C10H22O3Si. The Balaban J connectivity index is 3.50. The average Bonchev–Trinajstić information content (AvgIpc) is 2.01. The maximum Gasteiger partial charge on any atom is 0.289 e. The van der Waals surface area contributed by atoms with E-state index in [1.54, 1.807) is 0 Å². The van der Waals surface area contributed by atoms with Gasteiger partial charge in [-0.3, -0.25) is 4.79 Å². The molecule has 0 rings (SSSR count). The van der Waals surface area contributed by atoms with E-state index in [0.29, 0.717) is 0 Å². The summed E-state index contributed by atoms with van der Waals surface area (Å²) in [6.07, 6.45) is 2.05. The molecule has 0 spiro atoms. The second-order valence-electron chi connectivity index (χ2n) is 4.07. The fourth-order valence-corrected chi connectivity index (χ4v) is 3.16. The summed E-state index contributed by atoms with van der Waals surface area (Å²) in [5, 5.41) is 0. The monoisotopic (exact) mass is 218 g/mol. The maximum atomic E-state index is 10.8. The first-order valence-electron chi connectivity index (χ1n) is 5.25. The molecule has 0 aliphatic carbocycles. The van der Waals surface area contributed by atoms with Crippen molar-refractivity contribution >= 4 is 14.3 Å². The van der Waals surface area contributed by atoms with E-state index in [2.05, 4.69) is 20.0 Å². The van der Waals surface area contributed by atoms with Gasteiger partial charge in [-0.1, -0.05) is 6.92 Å². The van der Waals surface area contributed by atoms with Crippen LogP contribution in [0, 0.1) is 0 Å². The van der Waals surface area contributed by atoms with Crippen LogP contribution in [0.5, 0.6) is 0 Å². The van der Waals surface area contributed by atoms with Gasteiger partial charge in [0.15, 0.2) is 0 Å². The van der Waals surface area contributed by atoms with Gasteiger partial charge in [0.25, 0.3) is 5.97 Å². The minimum absolute atomic E-state index is 0.156. The van der Waals surface area contributed by atoms with Crippen molar-refractivity contribution in [3.05, 3.63) is 0 Å². The Bertz CT molecular complexity index is 169. The molecule has 0 heterocycles. The Labute approximate surface area is 87.9 Å². The number of ether oxygens (including phenoxy) is 1. The summed E-state index contributed by atoms with van der Waals surface area (Å²) in [6.45, 7) is 9.31. The summed E-state index contributed by atoms with van der Waals surface area (Å²) in [4.78, 5) is 10.8. The van der Waals surface area contributed by atoms with Crippen LogP contribution < -0.4 is 0 Å². The minimum Gasteiger partial charge on any atom is -0.520 e. The Morgan fingerprint density at radius 1 is 1.29 bits per heavy atom. The van der Waals surface area contributed by atoms with E-state index in [9.17, 15) is 4.79 Å². The molecule has 0 atom stereocenters. The number of rotatable bonds is 7. The second-order valence-corrected chi connectivity index (χ2v) is 8.29. The lowest BCUT2D eigenvalue weighted by atomic mass is 10.5. The van der Waals surface area contributed by atoms with E-state index in [1.807, 2.05) is 0 Å². The van der Waals surface area contributed by atoms with Crippen LogP contribution in [-0.4, -0.2) is 27.5 Å². The zero-order valence-corrected chi connectivity index (χ0v) is 10.8. The number of hydrogen-bond acceptors (Lipinski definition) is 3. The summed E-state index contributed by atoms with van der Waals surface area (Å²) in [6, 6.07) is 0.982. The molecular weight excluding hydrogens is 196 g/mol. The average molecular weight is 218 g/mol. The molecule has 84 valence electrons. The van der Waals surface area contributed by atoms with Crippen LogP contribution in [-0.2, 0) is 14.0 Å². The van der Waals surface area contributed by atoms with Crippen LogP contribution in [0.3, 0.4) is 0 Å². The predicted octanol–water partition coefficient (Wildman–Crippen LogP) is 2.57. The minimum atomic E-state index is -1.76. The van der Waals surface area contributed by atoms with Gasteiger partial charge in [0.1, 0.15) is 0 Å². The van der Waals surface area contributed by atoms with Crippen molar-refractivity contribution in [2.24, 2.45) is 0 Å². The molecule has 0 fully saturated rings. The van der Waals surface area contributed by atoms with Crippen LogP contribution in [0.15, 0.2) is 0 Å². The van der Waals surface area contributed by atoms with Crippen molar-refractivity contribution in [3.8, 4) is 0 Å². The Morgan fingerprint density at radius 3 is 2.43 bits per heavy atom. The molecule has 0 N–H and O–H groups in total. The van der Waals surface area contributed by atoms with Gasteiger partial charge in [-0.2, -0.15) is 0 Å². The van der Waals surface area contributed by atoms with Gasteiger partial charge in [-0.25, -0.2) is 0 Å². The van der Waals surface area contributed by atoms with Crippen molar-refractivity contribution in [2.45, 2.75) is 45.8 Å². The Kier molecular flexibility index (Phi) is 6.83. The molecule has 3 nitrogen and oxygen atoms in total. The second kappa shape index (κ2) is 7.01. The van der Waals surface area contributed by atoms with Crippen molar-refractivity contribution in [1.29, 1.82) is 0 Å². The molecule has 0 aromatic carbocycles. The largest absolute Gasteiger partial charge is 0.520 e. The van der Waals surface area contributed by atoms with Gasteiger partial charge >= 0.3 is 0 Å². The standard InChI is InChI=1S/C10H22O3Si/c1-5-7-12-8-6-9-14(3,4)13-10(2)11/h5-9H2,1-4H3. The lowest BCUT2D eigenvalue weighted by Gasteiger charge is -2.21. The highest BCUT2D eigenvalue weighted by atomic mass is 28.4. The molecule has 0 saturated heterocycles. The third kappa shape index (κ3) is 8.25. The van der Waals surface area contributed by atoms with Crippen LogP contribution in [0.2, 0.25) is 19.1 Å². The molecule has 4 heteroatoms. The van der Waals surface area contributed by atoms with E-state index in [0.717, 1.165) is 32.1 Å².